The van der Waals surface area contributed by atoms with Crippen LogP contribution < -0.4 is 0 Å². The minimum absolute atomic E-state index is 0.0931. The van der Waals surface area contributed by atoms with Crippen LogP contribution in [0.15, 0.2) is 12.7 Å². The van der Waals surface area contributed by atoms with Crippen LogP contribution in [0.5, 0.6) is 0 Å². The van der Waals surface area contributed by atoms with Gasteiger partial charge in [0.25, 0.3) is 0 Å². The summed E-state index contributed by atoms with van der Waals surface area (Å²) in [5, 5.41) is 20.2. The van der Waals surface area contributed by atoms with Crippen molar-refractivity contribution in [2.45, 2.75) is 169 Å². The molecule has 4 bridgehead atoms. The lowest BCUT2D eigenvalue weighted by molar-refractivity contribution is -0.437. The zero-order valence-corrected chi connectivity index (χ0v) is 36.4. The summed E-state index contributed by atoms with van der Waals surface area (Å²) < 4.78 is 322. The van der Waals surface area contributed by atoms with Crippen LogP contribution in [0.25, 0.3) is 0 Å². The Morgan fingerprint density at radius 2 is 1.00 bits per heavy atom. The van der Waals surface area contributed by atoms with Crippen LogP contribution in [-0.4, -0.2) is 95.0 Å². The fourth-order valence-corrected chi connectivity index (χ4v) is 12.5. The molecular formula is C41H51F23O4. The molecule has 0 aliphatic heterocycles. The average Bonchev–Trinajstić information content (AvgIpc) is 4.04. The molecule has 4 nitrogen and oxygen atoms in total. The number of fused-ring (bicyclic) bond motifs is 4. The maximum atomic E-state index is 14.6. The van der Waals surface area contributed by atoms with E-state index in [1.54, 1.807) is 6.92 Å². The van der Waals surface area contributed by atoms with Gasteiger partial charge in [0, 0.05) is 18.9 Å². The summed E-state index contributed by atoms with van der Waals surface area (Å²) in [7, 11) is 1.18. The van der Waals surface area contributed by atoms with E-state index in [-0.39, 0.29) is 44.9 Å². The van der Waals surface area contributed by atoms with Gasteiger partial charge in [-0.3, -0.25) is 0 Å². The second-order valence-corrected chi connectivity index (χ2v) is 19.4. The predicted molar refractivity (Wildman–Crippen MR) is 191 cm³/mol. The van der Waals surface area contributed by atoms with Gasteiger partial charge in [0.2, 0.25) is 11.2 Å². The van der Waals surface area contributed by atoms with Gasteiger partial charge in [0.15, 0.2) is 11.9 Å². The number of allylic oxidation sites excluding steroid dienone is 1. The molecule has 0 aromatic heterocycles. The summed E-state index contributed by atoms with van der Waals surface area (Å²) in [5.74, 6) is -39.9. The van der Waals surface area contributed by atoms with Crippen LogP contribution in [0.4, 0.5) is 101 Å². The van der Waals surface area contributed by atoms with Crippen molar-refractivity contribution >= 4 is 0 Å². The highest BCUT2D eigenvalue weighted by atomic mass is 19.4. The highest BCUT2D eigenvalue weighted by Crippen LogP contribution is 2.68. The van der Waals surface area contributed by atoms with Crippen molar-refractivity contribution in [2.75, 3.05) is 7.11 Å². The van der Waals surface area contributed by atoms with Crippen LogP contribution in [-0.2, 0) is 9.47 Å². The number of hydrogen-bond acceptors (Lipinski definition) is 4. The molecule has 0 saturated heterocycles. The Balaban J connectivity index is 0.000000341. The molecule has 0 aromatic carbocycles. The monoisotopic (exact) mass is 1040 g/mol. The topological polar surface area (TPSA) is 58.9 Å². The smallest absolute Gasteiger partial charge is 0.377 e. The van der Waals surface area contributed by atoms with Crippen molar-refractivity contribution in [3.63, 3.8) is 0 Å². The van der Waals surface area contributed by atoms with Crippen molar-refractivity contribution in [3.05, 3.63) is 12.7 Å². The molecule has 0 aromatic rings. The maximum absolute atomic E-state index is 14.6. The van der Waals surface area contributed by atoms with Gasteiger partial charge >= 0.3 is 54.6 Å². The fraction of sp³-hybridized carbons (Fsp3) is 0.951. The molecule has 5 aliphatic carbocycles. The first kappa shape index (κ1) is 58.5. The van der Waals surface area contributed by atoms with Crippen LogP contribution in [0.3, 0.4) is 0 Å². The van der Waals surface area contributed by atoms with E-state index in [1.807, 2.05) is 0 Å². The molecule has 2 N–H and O–H groups in total. The zero-order valence-electron chi connectivity index (χ0n) is 36.4. The summed E-state index contributed by atoms with van der Waals surface area (Å²) >= 11 is 0. The lowest BCUT2D eigenvalue weighted by Crippen LogP contribution is -2.74. The second kappa shape index (κ2) is 18.5. The van der Waals surface area contributed by atoms with Crippen LogP contribution in [0, 0.1) is 65.1 Å². The molecule has 0 amide bonds. The standard InChI is InChI=1S/C27H37F13O3.C14H14F10O/c1-5-16(17-6-7-21(12-17,25(32,33)34)43-14(3)42-4)8-13(2)18-9-15-10-19(18)20(11-15)22(41,23(28,29)26(35,36)37)24(30,31)27(38,39)40;1-2-7-3-6-4-8(7)9(5-6)10(25,11(15,16)13(19,20)21)12(17,18)14(22,23)24/h13-20,41H,5-12H2,1-4H3;2,6-9,25H,1,3-5H2. The quantitative estimate of drug-likeness (QED) is 0.0975. The van der Waals surface area contributed by atoms with E-state index in [9.17, 15) is 111 Å². The second-order valence-electron chi connectivity index (χ2n) is 19.4. The van der Waals surface area contributed by atoms with Gasteiger partial charge in [-0.05, 0) is 124 Å². The summed E-state index contributed by atoms with van der Waals surface area (Å²) in [6.07, 6.45) is -34.1. The molecule has 68 heavy (non-hydrogen) atoms. The van der Waals surface area contributed by atoms with Gasteiger partial charge in [-0.2, -0.15) is 101 Å². The van der Waals surface area contributed by atoms with E-state index in [0.29, 0.717) is 6.42 Å². The van der Waals surface area contributed by atoms with Crippen molar-refractivity contribution in [1.82, 2.24) is 0 Å². The Hall–Kier alpha value is -2.03. The number of aliphatic hydroxyl groups is 2. The number of methoxy groups -OCH3 is 1. The van der Waals surface area contributed by atoms with Crippen LogP contribution >= 0.6 is 0 Å². The Labute approximate surface area is 374 Å². The molecule has 13 atom stereocenters. The van der Waals surface area contributed by atoms with E-state index < -0.39 is 162 Å². The van der Waals surface area contributed by atoms with E-state index in [0.717, 1.165) is 6.08 Å². The van der Waals surface area contributed by atoms with Crippen molar-refractivity contribution in [2.24, 2.45) is 65.1 Å². The number of alkyl halides is 23. The summed E-state index contributed by atoms with van der Waals surface area (Å²) in [6, 6.07) is 0. The third-order valence-electron chi connectivity index (χ3n) is 15.8. The van der Waals surface area contributed by atoms with E-state index in [2.05, 4.69) is 6.58 Å². The lowest BCUT2D eigenvalue weighted by Gasteiger charge is -2.49. The molecule has 0 spiro atoms. The molecule has 5 fully saturated rings. The summed E-state index contributed by atoms with van der Waals surface area (Å²) in [4.78, 5) is 0. The number of ether oxygens (including phenoxy) is 2. The summed E-state index contributed by atoms with van der Waals surface area (Å²) in [6.45, 7) is 7.83. The van der Waals surface area contributed by atoms with Crippen LogP contribution in [0.2, 0.25) is 0 Å². The largest absolute Gasteiger partial charge is 0.456 e. The highest BCUT2D eigenvalue weighted by molar-refractivity contribution is 5.20. The molecule has 27 heteroatoms. The van der Waals surface area contributed by atoms with Gasteiger partial charge in [-0.25, -0.2) is 0 Å². The summed E-state index contributed by atoms with van der Waals surface area (Å²) in [5.41, 5.74) is -13.9. The molecule has 5 saturated carbocycles. The third-order valence-corrected chi connectivity index (χ3v) is 15.8. The average molecular weight is 1040 g/mol. The van der Waals surface area contributed by atoms with Crippen LogP contribution in [0.1, 0.15) is 91.4 Å². The van der Waals surface area contributed by atoms with E-state index >= 15 is 0 Å². The molecule has 5 aliphatic rings. The first-order chi connectivity index (χ1) is 30.3. The first-order valence-corrected chi connectivity index (χ1v) is 21.5. The van der Waals surface area contributed by atoms with Crippen molar-refractivity contribution in [1.29, 1.82) is 0 Å². The molecular weight excluding hydrogens is 993 g/mol. The third kappa shape index (κ3) is 9.32. The van der Waals surface area contributed by atoms with Gasteiger partial charge in [-0.15, -0.1) is 6.58 Å². The minimum Gasteiger partial charge on any atom is -0.377 e. The van der Waals surface area contributed by atoms with Gasteiger partial charge in [0.1, 0.15) is 0 Å². The molecule has 13 unspecified atom stereocenters. The van der Waals surface area contributed by atoms with Gasteiger partial charge in [0.05, 0.1) is 0 Å². The van der Waals surface area contributed by atoms with Gasteiger partial charge in [-0.1, -0.05) is 26.3 Å². The fourth-order valence-electron chi connectivity index (χ4n) is 12.5. The number of rotatable bonds is 15. The van der Waals surface area contributed by atoms with E-state index in [1.165, 1.54) is 21.0 Å². The molecule has 400 valence electrons. The zero-order chi connectivity index (χ0) is 52.8. The Kier molecular flexibility index (Phi) is 15.9. The van der Waals surface area contributed by atoms with E-state index in [4.69, 9.17) is 9.47 Å². The SMILES string of the molecule is C=CC1CC2CC1C(C(O)(C(F)(F)C(F)(F)F)C(F)(F)C(F)(F)F)C2.CCC(CC(C)C1CC2CC1C(C(O)(C(F)(F)C(F)(F)F)C(F)(F)C(F)(F)F)C2)C1CCC(OC(C)OC)(C(F)(F)F)C1. The Morgan fingerprint density at radius 3 is 1.34 bits per heavy atom. The van der Waals surface area contributed by atoms with Crippen molar-refractivity contribution < 1.29 is 121 Å². The normalized spacial score (nSPS) is 32.6. The van der Waals surface area contributed by atoms with Gasteiger partial charge < -0.3 is 19.7 Å². The highest BCUT2D eigenvalue weighted by Gasteiger charge is 2.89. The number of hydrogen-bond donors (Lipinski definition) is 2. The molecule has 5 rings (SSSR count). The molecule has 0 radical (unpaired) electrons. The Morgan fingerprint density at radius 1 is 0.603 bits per heavy atom. The first-order valence-electron chi connectivity index (χ1n) is 21.5. The Bertz CT molecular complexity index is 1690. The molecule has 0 heterocycles. The minimum atomic E-state index is -6.91. The predicted octanol–water partition coefficient (Wildman–Crippen LogP) is 13.9. The number of halogens is 23. The van der Waals surface area contributed by atoms with Crippen molar-refractivity contribution in [3.8, 4) is 0 Å². The lowest BCUT2D eigenvalue weighted by atomic mass is 9.63. The maximum Gasteiger partial charge on any atom is 0.456 e.